The first-order valence-corrected chi connectivity index (χ1v) is 15.8. The van der Waals surface area contributed by atoms with Crippen molar-refractivity contribution in [1.29, 1.82) is 0 Å². The number of unbranched alkanes of at least 4 members (excludes halogenated alkanes) is 18. The van der Waals surface area contributed by atoms with Crippen LogP contribution in [0.1, 0.15) is 149 Å². The summed E-state index contributed by atoms with van der Waals surface area (Å²) in [6.45, 7) is 5.15. The van der Waals surface area contributed by atoms with Gasteiger partial charge in [-0.05, 0) is 13.3 Å². The molecule has 0 saturated heterocycles. The van der Waals surface area contributed by atoms with E-state index in [1.807, 2.05) is 13.1 Å². The maximum Gasteiger partial charge on any atom is 0.369 e. The summed E-state index contributed by atoms with van der Waals surface area (Å²) in [4.78, 5) is 25.0. The molecule has 1 unspecified atom stereocenters. The van der Waals surface area contributed by atoms with Gasteiger partial charge in [-0.25, -0.2) is 9.37 Å². The van der Waals surface area contributed by atoms with Crippen LogP contribution in [-0.2, 0) is 14.3 Å². The van der Waals surface area contributed by atoms with Crippen LogP contribution in [0.3, 0.4) is 0 Å². The molecule has 0 aromatic rings. The van der Waals surface area contributed by atoms with Crippen molar-refractivity contribution >= 4 is 18.2 Å². The van der Waals surface area contributed by atoms with Crippen LogP contribution in [0.15, 0.2) is 0 Å². The number of esters is 1. The van der Waals surface area contributed by atoms with Crippen LogP contribution in [0.5, 0.6) is 0 Å². The topological polar surface area (TPSA) is 69.8 Å². The lowest BCUT2D eigenvalue weighted by molar-refractivity contribution is -0.515. The monoisotopic (exact) mass is 533 g/mol. The van der Waals surface area contributed by atoms with Gasteiger partial charge in [0, 0.05) is 12.5 Å². The number of carboxylic acid groups (broad SMARTS) is 1. The highest BCUT2D eigenvalue weighted by Gasteiger charge is 2.19. The maximum absolute atomic E-state index is 12.3. The van der Waals surface area contributed by atoms with Crippen LogP contribution in [0, 0.1) is 12.0 Å². The molecular formula is C32H57N2O4+. The van der Waals surface area contributed by atoms with Crippen molar-refractivity contribution in [3.8, 4) is 12.0 Å². The van der Waals surface area contributed by atoms with Gasteiger partial charge in [0.2, 0.25) is 6.54 Å². The number of carbonyl (C=O) groups is 2. The molecule has 1 N–H and O–H groups in total. The van der Waals surface area contributed by atoms with Gasteiger partial charge in [-0.3, -0.25) is 9.69 Å². The zero-order chi connectivity index (χ0) is 27.7. The van der Waals surface area contributed by atoms with E-state index in [2.05, 4.69) is 18.9 Å². The van der Waals surface area contributed by atoms with Crippen LogP contribution < -0.4 is 0 Å². The predicted octanol–water partition coefficient (Wildman–Crippen LogP) is 7.53. The molecule has 0 radical (unpaired) electrons. The van der Waals surface area contributed by atoms with Crippen molar-refractivity contribution in [2.24, 2.45) is 0 Å². The molecule has 0 spiro atoms. The Hall–Kier alpha value is -2.03. The molecule has 0 fully saturated rings. The van der Waals surface area contributed by atoms with Gasteiger partial charge in [0.25, 0.3) is 0 Å². The average Bonchev–Trinajstić information content (AvgIpc) is 2.87. The van der Waals surface area contributed by atoms with E-state index in [4.69, 9.17) is 9.84 Å². The molecule has 38 heavy (non-hydrogen) atoms. The van der Waals surface area contributed by atoms with Crippen molar-refractivity contribution in [2.45, 2.75) is 155 Å². The lowest BCUT2D eigenvalue weighted by Gasteiger charge is -2.24. The predicted molar refractivity (Wildman–Crippen MR) is 156 cm³/mol. The zero-order valence-electron chi connectivity index (χ0n) is 24.7. The Balaban J connectivity index is 1.91. The minimum atomic E-state index is -0.861. The minimum Gasteiger partial charge on any atom is -0.477 e. The molecule has 1 atom stereocenters. The molecule has 1 heterocycles. The molecule has 6 nitrogen and oxygen atoms in total. The van der Waals surface area contributed by atoms with Crippen molar-refractivity contribution < 1.29 is 24.0 Å². The quantitative estimate of drug-likeness (QED) is 0.0601. The molecule has 0 aromatic carbocycles. The molecule has 6 heteroatoms. The first kappa shape index (κ1) is 34.0. The third kappa shape index (κ3) is 20.0. The van der Waals surface area contributed by atoms with E-state index in [0.717, 1.165) is 12.8 Å². The second kappa shape index (κ2) is 24.0. The van der Waals surface area contributed by atoms with Gasteiger partial charge in [-0.2, -0.15) is 0 Å². The number of rotatable bonds is 24. The molecule has 1 rings (SSSR count). The van der Waals surface area contributed by atoms with E-state index in [0.29, 0.717) is 25.9 Å². The number of hydrogen-bond donors (Lipinski definition) is 1. The van der Waals surface area contributed by atoms with Gasteiger partial charge in [0.1, 0.15) is 0 Å². The van der Waals surface area contributed by atoms with Crippen LogP contribution >= 0.6 is 0 Å². The molecule has 0 saturated carbocycles. The lowest BCUT2D eigenvalue weighted by atomic mass is 10.0. The highest BCUT2D eigenvalue weighted by molar-refractivity contribution is 5.69. The normalized spacial score (nSPS) is 14.2. The molecule has 1 aliphatic heterocycles. The Morgan fingerprint density at radius 2 is 1.32 bits per heavy atom. The van der Waals surface area contributed by atoms with Crippen molar-refractivity contribution in [3.05, 3.63) is 0 Å². The number of nitrogens with zero attached hydrogens (tertiary/aromatic N) is 2. The molecule has 1 aliphatic rings. The maximum atomic E-state index is 12.3. The van der Waals surface area contributed by atoms with Crippen LogP contribution in [-0.4, -0.2) is 58.6 Å². The van der Waals surface area contributed by atoms with Crippen molar-refractivity contribution in [2.75, 3.05) is 19.6 Å². The van der Waals surface area contributed by atoms with Gasteiger partial charge < -0.3 is 9.84 Å². The van der Waals surface area contributed by atoms with Gasteiger partial charge in [0.05, 0.1) is 13.0 Å². The molecule has 218 valence electrons. The summed E-state index contributed by atoms with van der Waals surface area (Å²) < 4.78 is 7.33. The summed E-state index contributed by atoms with van der Waals surface area (Å²) in [7, 11) is 0. The number of hydrogen-bond acceptors (Lipinski definition) is 4. The van der Waals surface area contributed by atoms with E-state index >= 15 is 0 Å². The smallest absolute Gasteiger partial charge is 0.369 e. The zero-order valence-corrected chi connectivity index (χ0v) is 24.7. The van der Waals surface area contributed by atoms with Crippen molar-refractivity contribution in [3.63, 3.8) is 0 Å². The highest BCUT2D eigenvalue weighted by atomic mass is 16.6. The SMILES string of the molecule is CCCCCCCCCCCCCCCCCCCCCC(=O)OC(C)N1C#CCC=[N+](CC(=O)O)CC1. The summed E-state index contributed by atoms with van der Waals surface area (Å²) >= 11 is 0. The van der Waals surface area contributed by atoms with E-state index in [1.165, 1.54) is 109 Å². The summed E-state index contributed by atoms with van der Waals surface area (Å²) in [5, 5.41) is 8.99. The average molecular weight is 534 g/mol. The van der Waals surface area contributed by atoms with E-state index in [9.17, 15) is 9.59 Å². The summed E-state index contributed by atoms with van der Waals surface area (Å²) in [5.74, 6) is 1.96. The largest absolute Gasteiger partial charge is 0.477 e. The first-order chi connectivity index (χ1) is 18.5. The molecular weight excluding hydrogens is 476 g/mol. The minimum absolute atomic E-state index is 0.0386. The Kier molecular flexibility index (Phi) is 21.5. The third-order valence-corrected chi connectivity index (χ3v) is 7.37. The second-order valence-corrected chi connectivity index (χ2v) is 10.9. The Morgan fingerprint density at radius 3 is 1.79 bits per heavy atom. The summed E-state index contributed by atoms with van der Waals surface area (Å²) in [6.07, 6.45) is 27.7. The Bertz CT molecular complexity index is 710. The van der Waals surface area contributed by atoms with E-state index in [-0.39, 0.29) is 12.5 Å². The Morgan fingerprint density at radius 1 is 0.842 bits per heavy atom. The fraction of sp³-hybridized carbons (Fsp3) is 0.844. The summed E-state index contributed by atoms with van der Waals surface area (Å²) in [5.41, 5.74) is 0. The van der Waals surface area contributed by atoms with Gasteiger partial charge in [-0.1, -0.05) is 128 Å². The molecule has 0 aliphatic carbocycles. The van der Waals surface area contributed by atoms with E-state index in [1.54, 1.807) is 9.48 Å². The molecule has 0 amide bonds. The number of aliphatic carboxylic acids is 1. The number of ether oxygens (including phenoxy) is 1. The second-order valence-electron chi connectivity index (χ2n) is 10.9. The first-order valence-electron chi connectivity index (χ1n) is 15.8. The third-order valence-electron chi connectivity index (χ3n) is 7.37. The van der Waals surface area contributed by atoms with Crippen LogP contribution in [0.4, 0.5) is 0 Å². The highest BCUT2D eigenvalue weighted by Crippen LogP contribution is 2.15. The van der Waals surface area contributed by atoms with Gasteiger partial charge in [0.15, 0.2) is 19.0 Å². The molecule has 0 aromatic heterocycles. The van der Waals surface area contributed by atoms with Gasteiger partial charge >= 0.3 is 11.9 Å². The van der Waals surface area contributed by atoms with Crippen LogP contribution in [0.25, 0.3) is 0 Å². The lowest BCUT2D eigenvalue weighted by Crippen LogP contribution is -2.38. The standard InChI is InChI=1S/C32H56N2O4/c1-3-4-5-6-7-8-9-10-11-12-13-14-15-16-17-18-19-20-21-24-32(37)38-30(2)34-26-23-22-25-33(27-28-34)29-31(35)36/h25,30H,3-22,24,27-29H2,1-2H3/p+1. The number of carbonyl (C=O) groups excluding carboxylic acids is 1. The van der Waals surface area contributed by atoms with Crippen molar-refractivity contribution in [1.82, 2.24) is 4.90 Å². The van der Waals surface area contributed by atoms with Crippen LogP contribution in [0.2, 0.25) is 0 Å². The van der Waals surface area contributed by atoms with E-state index < -0.39 is 12.2 Å². The summed E-state index contributed by atoms with van der Waals surface area (Å²) in [6, 6.07) is 3.03. The Labute approximate surface area is 233 Å². The fourth-order valence-corrected chi connectivity index (χ4v) is 4.96. The molecule has 0 bridgehead atoms. The number of carboxylic acids is 1. The fourth-order valence-electron chi connectivity index (χ4n) is 4.96. The van der Waals surface area contributed by atoms with Gasteiger partial charge in [-0.15, -0.1) is 0 Å².